The summed E-state index contributed by atoms with van der Waals surface area (Å²) in [5.74, 6) is -1.39. The minimum absolute atomic E-state index is 0.0617. The first-order valence-corrected chi connectivity index (χ1v) is 8.32. The summed E-state index contributed by atoms with van der Waals surface area (Å²) in [6, 6.07) is 13.4. The SMILES string of the molecule is COC(=O)C1=C(C)N(c2ccccc2)C(=O)/C1=C\c1ccccc1C(F)(F)F. The van der Waals surface area contributed by atoms with Crippen LogP contribution in [0.15, 0.2) is 71.4 Å². The van der Waals surface area contributed by atoms with Gasteiger partial charge in [0.05, 0.1) is 23.8 Å². The van der Waals surface area contributed by atoms with Gasteiger partial charge in [-0.05, 0) is 36.8 Å². The van der Waals surface area contributed by atoms with E-state index >= 15 is 0 Å². The second-order valence-electron chi connectivity index (χ2n) is 6.07. The molecular weight excluding hydrogens is 371 g/mol. The van der Waals surface area contributed by atoms with Gasteiger partial charge in [-0.3, -0.25) is 9.69 Å². The molecule has 1 aliphatic heterocycles. The number of amides is 1. The number of hydrogen-bond donors (Lipinski definition) is 0. The topological polar surface area (TPSA) is 46.6 Å². The highest BCUT2D eigenvalue weighted by atomic mass is 19.4. The number of benzene rings is 2. The van der Waals surface area contributed by atoms with Crippen molar-refractivity contribution in [2.45, 2.75) is 13.1 Å². The molecule has 0 aromatic heterocycles. The molecule has 0 N–H and O–H groups in total. The van der Waals surface area contributed by atoms with Crippen molar-refractivity contribution in [3.63, 3.8) is 0 Å². The number of anilines is 1. The van der Waals surface area contributed by atoms with Gasteiger partial charge in [0.1, 0.15) is 0 Å². The first-order valence-electron chi connectivity index (χ1n) is 8.32. The van der Waals surface area contributed by atoms with Gasteiger partial charge in [0.2, 0.25) is 0 Å². The summed E-state index contributed by atoms with van der Waals surface area (Å²) in [6.45, 7) is 1.55. The number of hydrogen-bond acceptors (Lipinski definition) is 3. The minimum Gasteiger partial charge on any atom is -0.465 e. The number of ether oxygens (including phenoxy) is 1. The lowest BCUT2D eigenvalue weighted by Crippen LogP contribution is -2.24. The summed E-state index contributed by atoms with van der Waals surface area (Å²) in [4.78, 5) is 26.6. The summed E-state index contributed by atoms with van der Waals surface area (Å²) < 4.78 is 44.8. The zero-order chi connectivity index (χ0) is 20.5. The van der Waals surface area contributed by atoms with Crippen LogP contribution in [0.2, 0.25) is 0 Å². The van der Waals surface area contributed by atoms with Gasteiger partial charge < -0.3 is 4.74 Å². The summed E-state index contributed by atoms with van der Waals surface area (Å²) in [6.07, 6.45) is -3.51. The van der Waals surface area contributed by atoms with E-state index in [0.29, 0.717) is 11.4 Å². The molecule has 1 heterocycles. The number of alkyl halides is 3. The van der Waals surface area contributed by atoms with Gasteiger partial charge in [0.25, 0.3) is 5.91 Å². The summed E-state index contributed by atoms with van der Waals surface area (Å²) in [5, 5.41) is 0. The Balaban J connectivity index is 2.19. The van der Waals surface area contributed by atoms with E-state index in [0.717, 1.165) is 19.3 Å². The molecule has 28 heavy (non-hydrogen) atoms. The third kappa shape index (κ3) is 3.43. The van der Waals surface area contributed by atoms with Gasteiger partial charge in [0, 0.05) is 11.4 Å². The molecule has 1 aliphatic rings. The first-order chi connectivity index (χ1) is 13.3. The van der Waals surface area contributed by atoms with Crippen LogP contribution in [0.25, 0.3) is 6.08 Å². The number of halogens is 3. The number of nitrogens with zero attached hydrogens (tertiary/aromatic N) is 1. The number of rotatable bonds is 3. The molecular formula is C21H16F3NO3. The largest absolute Gasteiger partial charge is 0.465 e. The Morgan fingerprint density at radius 1 is 1.04 bits per heavy atom. The molecule has 0 unspecified atom stereocenters. The lowest BCUT2D eigenvalue weighted by atomic mass is 10.00. The summed E-state index contributed by atoms with van der Waals surface area (Å²) >= 11 is 0. The van der Waals surface area contributed by atoms with E-state index in [4.69, 9.17) is 4.74 Å². The van der Waals surface area contributed by atoms with Crippen LogP contribution in [0.1, 0.15) is 18.1 Å². The molecule has 0 saturated heterocycles. The molecule has 4 nitrogen and oxygen atoms in total. The van der Waals surface area contributed by atoms with Crippen LogP contribution in [0, 0.1) is 0 Å². The Hall–Kier alpha value is -3.35. The van der Waals surface area contributed by atoms with E-state index < -0.39 is 23.6 Å². The molecule has 0 fully saturated rings. The lowest BCUT2D eigenvalue weighted by molar-refractivity contribution is -0.138. The molecule has 0 atom stereocenters. The fourth-order valence-corrected chi connectivity index (χ4v) is 3.10. The zero-order valence-corrected chi connectivity index (χ0v) is 15.1. The van der Waals surface area contributed by atoms with Gasteiger partial charge in [-0.2, -0.15) is 13.2 Å². The van der Waals surface area contributed by atoms with E-state index in [1.54, 1.807) is 37.3 Å². The van der Waals surface area contributed by atoms with Gasteiger partial charge in [-0.1, -0.05) is 36.4 Å². The monoisotopic (exact) mass is 387 g/mol. The molecule has 0 aliphatic carbocycles. The molecule has 2 aromatic rings. The third-order valence-electron chi connectivity index (χ3n) is 4.37. The van der Waals surface area contributed by atoms with Crippen molar-refractivity contribution in [3.05, 3.63) is 82.6 Å². The van der Waals surface area contributed by atoms with Gasteiger partial charge in [0.15, 0.2) is 0 Å². The molecule has 0 saturated carbocycles. The third-order valence-corrected chi connectivity index (χ3v) is 4.37. The molecule has 0 spiro atoms. The highest BCUT2D eigenvalue weighted by Crippen LogP contribution is 2.38. The van der Waals surface area contributed by atoms with Crippen molar-refractivity contribution in [1.29, 1.82) is 0 Å². The lowest BCUT2D eigenvalue weighted by Gasteiger charge is -2.17. The fourth-order valence-electron chi connectivity index (χ4n) is 3.10. The molecule has 0 radical (unpaired) electrons. The van der Waals surface area contributed by atoms with E-state index in [1.165, 1.54) is 23.1 Å². The van der Waals surface area contributed by atoms with Gasteiger partial charge >= 0.3 is 12.1 Å². The molecule has 1 amide bonds. The van der Waals surface area contributed by atoms with Crippen molar-refractivity contribution >= 4 is 23.6 Å². The van der Waals surface area contributed by atoms with E-state index in [-0.39, 0.29) is 16.7 Å². The number of methoxy groups -OCH3 is 1. The maximum absolute atomic E-state index is 13.3. The molecule has 7 heteroatoms. The average molecular weight is 387 g/mol. The van der Waals surface area contributed by atoms with Crippen molar-refractivity contribution in [3.8, 4) is 0 Å². The minimum atomic E-state index is -4.60. The number of carbonyl (C=O) groups excluding carboxylic acids is 2. The van der Waals surface area contributed by atoms with Crippen LogP contribution in [-0.4, -0.2) is 19.0 Å². The van der Waals surface area contributed by atoms with Crippen LogP contribution in [0.5, 0.6) is 0 Å². The molecule has 0 bridgehead atoms. The van der Waals surface area contributed by atoms with Gasteiger partial charge in [-0.15, -0.1) is 0 Å². The predicted octanol–water partition coefficient (Wildman–Crippen LogP) is 4.58. The van der Waals surface area contributed by atoms with E-state index in [2.05, 4.69) is 0 Å². The highest BCUT2D eigenvalue weighted by Gasteiger charge is 2.39. The van der Waals surface area contributed by atoms with Crippen molar-refractivity contribution < 1.29 is 27.5 Å². The predicted molar refractivity (Wildman–Crippen MR) is 98.1 cm³/mol. The van der Waals surface area contributed by atoms with Crippen molar-refractivity contribution in [2.75, 3.05) is 12.0 Å². The maximum Gasteiger partial charge on any atom is 0.416 e. The standard InChI is InChI=1S/C21H16F3NO3/c1-13-18(20(27)28-2)16(19(26)25(13)15-9-4-3-5-10-15)12-14-8-6-7-11-17(14)21(22,23)24/h3-12H,1-2H3/b16-12-. The summed E-state index contributed by atoms with van der Waals surface area (Å²) in [7, 11) is 1.15. The Labute approximate surface area is 159 Å². The smallest absolute Gasteiger partial charge is 0.416 e. The van der Waals surface area contributed by atoms with Crippen LogP contribution in [0.4, 0.5) is 18.9 Å². The Kier molecular flexibility index (Phi) is 5.09. The van der Waals surface area contributed by atoms with E-state index in [1.807, 2.05) is 0 Å². The van der Waals surface area contributed by atoms with Crippen LogP contribution < -0.4 is 4.90 Å². The van der Waals surface area contributed by atoms with Gasteiger partial charge in [-0.25, -0.2) is 4.79 Å². The number of para-hydroxylation sites is 1. The second kappa shape index (κ2) is 7.34. The van der Waals surface area contributed by atoms with Crippen molar-refractivity contribution in [1.82, 2.24) is 0 Å². The number of allylic oxidation sites excluding steroid dienone is 1. The maximum atomic E-state index is 13.3. The van der Waals surface area contributed by atoms with Crippen molar-refractivity contribution in [2.24, 2.45) is 0 Å². The van der Waals surface area contributed by atoms with Crippen LogP contribution >= 0.6 is 0 Å². The summed E-state index contributed by atoms with van der Waals surface area (Å²) in [5.41, 5.74) is -0.520. The number of carbonyl (C=O) groups is 2. The first kappa shape index (κ1) is 19.4. The molecule has 3 rings (SSSR count). The Morgan fingerprint density at radius 3 is 2.25 bits per heavy atom. The Bertz CT molecular complexity index is 991. The van der Waals surface area contributed by atoms with E-state index in [9.17, 15) is 22.8 Å². The fraction of sp³-hybridized carbons (Fsp3) is 0.143. The normalized spacial score (nSPS) is 16.1. The quantitative estimate of drug-likeness (QED) is 0.572. The Morgan fingerprint density at radius 2 is 1.64 bits per heavy atom. The van der Waals surface area contributed by atoms with Crippen LogP contribution in [0.3, 0.4) is 0 Å². The number of esters is 1. The average Bonchev–Trinajstić information content (AvgIpc) is 2.91. The molecule has 2 aromatic carbocycles. The second-order valence-corrected chi connectivity index (χ2v) is 6.07. The zero-order valence-electron chi connectivity index (χ0n) is 15.1. The highest BCUT2D eigenvalue weighted by molar-refractivity contribution is 6.23. The van der Waals surface area contributed by atoms with Crippen LogP contribution in [-0.2, 0) is 20.5 Å². The molecule has 144 valence electrons.